The lowest BCUT2D eigenvalue weighted by Crippen LogP contribution is -2.29. The van der Waals surface area contributed by atoms with E-state index in [0.717, 1.165) is 16.6 Å². The number of H-pyrrole nitrogens is 1. The number of hydrogen-bond donors (Lipinski definition) is 2. The van der Waals surface area contributed by atoms with Gasteiger partial charge in [-0.25, -0.2) is 4.99 Å². The second-order valence-electron chi connectivity index (χ2n) is 3.95. The van der Waals surface area contributed by atoms with Crippen LogP contribution in [0.5, 0.6) is 5.88 Å². The summed E-state index contributed by atoms with van der Waals surface area (Å²) in [6, 6.07) is 7.26. The normalized spacial score (nSPS) is 15.8. The molecule has 1 aliphatic heterocycles. The first-order chi connectivity index (χ1) is 9.13. The van der Waals surface area contributed by atoms with Crippen LogP contribution in [0.4, 0.5) is 0 Å². The highest BCUT2D eigenvalue weighted by Gasteiger charge is 2.12. The molecule has 94 valence electrons. The van der Waals surface area contributed by atoms with Gasteiger partial charge in [0.05, 0.1) is 10.2 Å². The molecule has 0 radical (unpaired) electrons. The van der Waals surface area contributed by atoms with Crippen LogP contribution in [0.25, 0.3) is 12.2 Å². The number of aromatic nitrogens is 1. The number of fused-ring (bicyclic) bond motifs is 1. The van der Waals surface area contributed by atoms with Gasteiger partial charge in [0.2, 0.25) is 5.88 Å². The van der Waals surface area contributed by atoms with E-state index < -0.39 is 0 Å². The van der Waals surface area contributed by atoms with E-state index in [9.17, 15) is 14.7 Å². The molecule has 1 aliphatic rings. The van der Waals surface area contributed by atoms with Gasteiger partial charge in [0.25, 0.3) is 5.91 Å². The minimum Gasteiger partial charge on any atom is -0.493 e. The summed E-state index contributed by atoms with van der Waals surface area (Å²) in [7, 11) is 0. The molecule has 0 saturated heterocycles. The summed E-state index contributed by atoms with van der Waals surface area (Å²) >= 11 is 0.840. The maximum atomic E-state index is 11.8. The molecule has 6 heteroatoms. The van der Waals surface area contributed by atoms with E-state index in [1.807, 2.05) is 18.2 Å². The fourth-order valence-electron chi connectivity index (χ4n) is 1.79. The van der Waals surface area contributed by atoms with E-state index in [4.69, 9.17) is 0 Å². The van der Waals surface area contributed by atoms with Gasteiger partial charge < -0.3 is 5.11 Å². The average Bonchev–Trinajstić information content (AvgIpc) is 2.69. The third-order valence-corrected chi connectivity index (χ3v) is 3.48. The molecule has 0 saturated carbocycles. The van der Waals surface area contributed by atoms with Crippen molar-refractivity contribution in [2.45, 2.75) is 0 Å². The molecule has 0 fully saturated rings. The van der Waals surface area contributed by atoms with Crippen LogP contribution in [0.15, 0.2) is 39.6 Å². The Morgan fingerprint density at radius 3 is 2.79 bits per heavy atom. The highest BCUT2D eigenvalue weighted by atomic mass is 32.1. The number of rotatable bonds is 1. The number of nitrogens with one attached hydrogen (secondary N) is 1. The molecule has 2 N–H and O–H groups in total. The Hall–Kier alpha value is -2.47. The molecule has 1 amide bonds. The highest BCUT2D eigenvalue weighted by molar-refractivity contribution is 7.10. The van der Waals surface area contributed by atoms with Crippen molar-refractivity contribution in [1.82, 2.24) is 4.98 Å². The first kappa shape index (κ1) is 11.6. The summed E-state index contributed by atoms with van der Waals surface area (Å²) in [5.41, 5.74) is 0.337. The molecule has 19 heavy (non-hydrogen) atoms. The number of para-hydroxylation sites is 1. The molecule has 2 heterocycles. The van der Waals surface area contributed by atoms with Crippen LogP contribution in [0, 0.1) is 0 Å². The van der Waals surface area contributed by atoms with Crippen LogP contribution < -0.4 is 15.4 Å². The van der Waals surface area contributed by atoms with Crippen LogP contribution >= 0.6 is 11.3 Å². The fraction of sp³-hybridized carbons (Fsp3) is 0. The maximum Gasteiger partial charge on any atom is 0.307 e. The molecule has 2 aromatic rings. The van der Waals surface area contributed by atoms with E-state index in [2.05, 4.69) is 9.98 Å². The molecule has 0 atom stereocenters. The molecular weight excluding hydrogens is 264 g/mol. The molecular formula is C13H8N2O3S. The summed E-state index contributed by atoms with van der Waals surface area (Å²) < 4.78 is 0. The maximum absolute atomic E-state index is 11.8. The number of thiazole rings is 1. The van der Waals surface area contributed by atoms with Gasteiger partial charge in [0.15, 0.2) is 0 Å². The van der Waals surface area contributed by atoms with Gasteiger partial charge >= 0.3 is 4.87 Å². The number of aromatic hydroxyl groups is 1. The minimum absolute atomic E-state index is 0.234. The van der Waals surface area contributed by atoms with Crippen molar-refractivity contribution in [3.63, 3.8) is 0 Å². The van der Waals surface area contributed by atoms with Crippen LogP contribution in [0.1, 0.15) is 4.88 Å². The lowest BCUT2D eigenvalue weighted by molar-refractivity contribution is -0.114. The number of nitrogens with zero attached hydrogens (tertiary/aromatic N) is 1. The Labute approximate surface area is 110 Å². The predicted molar refractivity (Wildman–Crippen MR) is 71.3 cm³/mol. The zero-order chi connectivity index (χ0) is 13.4. The first-order valence-corrected chi connectivity index (χ1v) is 6.29. The molecule has 0 bridgehead atoms. The third-order valence-electron chi connectivity index (χ3n) is 2.66. The van der Waals surface area contributed by atoms with Crippen molar-refractivity contribution >= 4 is 29.4 Å². The van der Waals surface area contributed by atoms with Gasteiger partial charge in [0.1, 0.15) is 0 Å². The van der Waals surface area contributed by atoms with Crippen molar-refractivity contribution in [1.29, 1.82) is 0 Å². The number of benzene rings is 1. The van der Waals surface area contributed by atoms with E-state index >= 15 is 0 Å². The Morgan fingerprint density at radius 2 is 2.05 bits per heavy atom. The first-order valence-electron chi connectivity index (χ1n) is 5.47. The van der Waals surface area contributed by atoms with Crippen molar-refractivity contribution in [2.75, 3.05) is 0 Å². The van der Waals surface area contributed by atoms with Crippen molar-refractivity contribution in [3.8, 4) is 5.88 Å². The third kappa shape index (κ3) is 2.13. The Balaban J connectivity index is 2.18. The Bertz CT molecular complexity index is 874. The van der Waals surface area contributed by atoms with Gasteiger partial charge in [-0.15, -0.1) is 0 Å². The fourth-order valence-corrected chi connectivity index (χ4v) is 2.47. The Morgan fingerprint density at radius 1 is 1.26 bits per heavy atom. The highest BCUT2D eigenvalue weighted by Crippen LogP contribution is 2.20. The molecule has 0 unspecified atom stereocenters. The van der Waals surface area contributed by atoms with Crippen LogP contribution in [-0.4, -0.2) is 16.0 Å². The summed E-state index contributed by atoms with van der Waals surface area (Å²) in [5.74, 6) is -0.624. The molecule has 1 aromatic heterocycles. The van der Waals surface area contributed by atoms with E-state index in [1.165, 1.54) is 6.08 Å². The van der Waals surface area contributed by atoms with E-state index in [-0.39, 0.29) is 16.7 Å². The Kier molecular flexibility index (Phi) is 2.64. The van der Waals surface area contributed by atoms with Crippen LogP contribution in [0.3, 0.4) is 0 Å². The number of amides is 1. The number of carbonyl (C=O) groups is 1. The van der Waals surface area contributed by atoms with E-state index in [1.54, 1.807) is 12.1 Å². The summed E-state index contributed by atoms with van der Waals surface area (Å²) in [4.78, 5) is 29.1. The zero-order valence-corrected chi connectivity index (χ0v) is 10.4. The van der Waals surface area contributed by atoms with Gasteiger partial charge in [0, 0.05) is 10.8 Å². The summed E-state index contributed by atoms with van der Waals surface area (Å²) in [6.45, 7) is 0. The van der Waals surface area contributed by atoms with Crippen LogP contribution in [0.2, 0.25) is 0 Å². The molecule has 0 spiro atoms. The SMILES string of the molecule is O=C1N=c2ccccc2=C/C1=C/c1sc(=O)[nH]c1O. The molecule has 5 nitrogen and oxygen atoms in total. The van der Waals surface area contributed by atoms with Crippen molar-refractivity contribution in [3.05, 3.63) is 55.0 Å². The largest absolute Gasteiger partial charge is 0.493 e. The van der Waals surface area contributed by atoms with Gasteiger partial charge in [-0.05, 0) is 18.2 Å². The van der Waals surface area contributed by atoms with Crippen LogP contribution in [-0.2, 0) is 4.79 Å². The average molecular weight is 272 g/mol. The minimum atomic E-state index is -0.390. The number of carbonyl (C=O) groups excluding carboxylic acids is 1. The van der Waals surface area contributed by atoms with Crippen molar-refractivity contribution in [2.24, 2.45) is 4.99 Å². The number of hydrogen-bond acceptors (Lipinski definition) is 4. The molecule has 3 rings (SSSR count). The second kappa shape index (κ2) is 4.33. The standard InChI is InChI=1S/C13H8N2O3S/c16-11-8(6-10-12(17)15-13(18)19-10)5-7-3-1-2-4-9(7)14-11/h1-6,17H,(H,15,18)/b8-6-. The van der Waals surface area contributed by atoms with E-state index in [0.29, 0.717) is 15.8 Å². The summed E-state index contributed by atoms with van der Waals surface area (Å²) in [5, 5.41) is 10.9. The van der Waals surface area contributed by atoms with Gasteiger partial charge in [-0.3, -0.25) is 14.6 Å². The monoisotopic (exact) mass is 272 g/mol. The number of aromatic amines is 1. The van der Waals surface area contributed by atoms with Gasteiger partial charge in [-0.2, -0.15) is 0 Å². The lowest BCUT2D eigenvalue weighted by Gasteiger charge is -2.02. The zero-order valence-electron chi connectivity index (χ0n) is 9.58. The predicted octanol–water partition coefficient (Wildman–Crippen LogP) is 0.166. The molecule has 0 aliphatic carbocycles. The van der Waals surface area contributed by atoms with Crippen molar-refractivity contribution < 1.29 is 9.90 Å². The smallest absolute Gasteiger partial charge is 0.307 e. The van der Waals surface area contributed by atoms with Gasteiger partial charge in [-0.1, -0.05) is 29.5 Å². The lowest BCUT2D eigenvalue weighted by atomic mass is 10.1. The second-order valence-corrected chi connectivity index (χ2v) is 4.96. The topological polar surface area (TPSA) is 82.5 Å². The summed E-state index contributed by atoms with van der Waals surface area (Å²) in [6.07, 6.45) is 3.15. The quantitative estimate of drug-likeness (QED) is 0.726. The molecule has 1 aromatic carbocycles.